The number of benzene rings is 1. The first-order valence-electron chi connectivity index (χ1n) is 11.9. The van der Waals surface area contributed by atoms with Crippen molar-refractivity contribution < 1.29 is 19.0 Å². The molecular weight excluding hydrogens is 435 g/mol. The van der Waals surface area contributed by atoms with Gasteiger partial charge in [-0.3, -0.25) is 9.78 Å². The molecule has 1 aliphatic rings. The molecule has 1 aliphatic heterocycles. The molecule has 0 radical (unpaired) electrons. The highest BCUT2D eigenvalue weighted by molar-refractivity contribution is 5.83. The van der Waals surface area contributed by atoms with Gasteiger partial charge in [-0.1, -0.05) is 0 Å². The van der Waals surface area contributed by atoms with Crippen LogP contribution in [0.1, 0.15) is 43.2 Å². The van der Waals surface area contributed by atoms with E-state index in [0.29, 0.717) is 30.7 Å². The molecule has 3 heterocycles. The summed E-state index contributed by atoms with van der Waals surface area (Å²) >= 11 is 0. The first-order valence-corrected chi connectivity index (χ1v) is 11.9. The smallest absolute Gasteiger partial charge is 0.308 e. The first-order chi connectivity index (χ1) is 16.5. The lowest BCUT2D eigenvalue weighted by Crippen LogP contribution is -2.44. The van der Waals surface area contributed by atoms with Crippen LogP contribution in [0, 0.1) is 11.8 Å². The number of hydrogen-bond donors (Lipinski definition) is 1. The molecule has 0 amide bonds. The predicted molar refractivity (Wildman–Crippen MR) is 129 cm³/mol. The maximum absolute atomic E-state index is 15.4. The number of rotatable bonds is 10. The van der Waals surface area contributed by atoms with Gasteiger partial charge in [-0.2, -0.15) is 0 Å². The number of aryl methyl sites for hydroxylation is 2. The summed E-state index contributed by atoms with van der Waals surface area (Å²) in [7, 11) is 3.57. The van der Waals surface area contributed by atoms with Gasteiger partial charge in [-0.25, -0.2) is 9.37 Å². The summed E-state index contributed by atoms with van der Waals surface area (Å²) in [4.78, 5) is 22.9. The molecule has 0 aliphatic carbocycles. The van der Waals surface area contributed by atoms with E-state index in [1.165, 1.54) is 0 Å². The van der Waals surface area contributed by atoms with E-state index in [9.17, 15) is 9.90 Å². The lowest BCUT2D eigenvalue weighted by molar-refractivity contribution is -0.146. The average Bonchev–Trinajstić information content (AvgIpc) is 3.26. The number of methoxy groups -OCH3 is 1. The van der Waals surface area contributed by atoms with Crippen molar-refractivity contribution in [2.24, 2.45) is 18.9 Å². The second kappa shape index (κ2) is 11.0. The van der Waals surface area contributed by atoms with Crippen molar-refractivity contribution in [3.8, 4) is 5.75 Å². The zero-order valence-corrected chi connectivity index (χ0v) is 19.9. The summed E-state index contributed by atoms with van der Waals surface area (Å²) < 4.78 is 22.7. The highest BCUT2D eigenvalue weighted by Gasteiger charge is 2.34. The number of likely N-dealkylation sites (tertiary alicyclic amines) is 1. The zero-order chi connectivity index (χ0) is 24.1. The van der Waals surface area contributed by atoms with Gasteiger partial charge in [0, 0.05) is 44.0 Å². The molecule has 0 saturated carbocycles. The Morgan fingerprint density at radius 3 is 2.88 bits per heavy atom. The molecule has 34 heavy (non-hydrogen) atoms. The fourth-order valence-corrected chi connectivity index (χ4v) is 5.06. The third-order valence-corrected chi connectivity index (χ3v) is 7.06. The quantitative estimate of drug-likeness (QED) is 0.474. The van der Waals surface area contributed by atoms with E-state index < -0.39 is 18.1 Å². The standard InChI is InChI=1S/C26H33FN4O3/c1-30-15-12-29-25(30)4-3-13-31-14-10-18(22(17-31)26(32)33)5-7-23(27)20-9-11-28-24-8-6-19(34-2)16-21(20)24/h6,8-9,11-12,15-16,18,22-23H,3-5,7,10,13-14,17H2,1-2H3,(H,32,33)/t18-,22+,23-/m1/s1. The minimum Gasteiger partial charge on any atom is -0.497 e. The molecule has 3 atom stereocenters. The SMILES string of the molecule is COc1ccc2nccc([C@H](F)CC[C@@H]3CCN(CCCc4nccn4C)C[C@@H]3C(=O)O)c2c1. The van der Waals surface area contributed by atoms with Crippen molar-refractivity contribution in [3.63, 3.8) is 0 Å². The van der Waals surface area contributed by atoms with E-state index in [2.05, 4.69) is 14.9 Å². The Labute approximate surface area is 199 Å². The lowest BCUT2D eigenvalue weighted by atomic mass is 9.81. The van der Waals surface area contributed by atoms with Crippen LogP contribution in [0.25, 0.3) is 10.9 Å². The monoisotopic (exact) mass is 468 g/mol. The topological polar surface area (TPSA) is 80.5 Å². The molecule has 1 N–H and O–H groups in total. The third kappa shape index (κ3) is 5.55. The number of pyridine rings is 1. The van der Waals surface area contributed by atoms with Crippen molar-refractivity contribution >= 4 is 16.9 Å². The number of imidazole rings is 1. The largest absolute Gasteiger partial charge is 0.497 e. The minimum atomic E-state index is -1.18. The van der Waals surface area contributed by atoms with Gasteiger partial charge in [0.25, 0.3) is 0 Å². The number of ether oxygens (including phenoxy) is 1. The van der Waals surface area contributed by atoms with E-state index in [-0.39, 0.29) is 5.92 Å². The Balaban J connectivity index is 1.34. The highest BCUT2D eigenvalue weighted by Crippen LogP contribution is 2.35. The van der Waals surface area contributed by atoms with Gasteiger partial charge in [-0.15, -0.1) is 0 Å². The summed E-state index contributed by atoms with van der Waals surface area (Å²) in [5, 5.41) is 10.6. The normalized spacial score (nSPS) is 19.9. The van der Waals surface area contributed by atoms with E-state index in [0.717, 1.165) is 49.1 Å². The van der Waals surface area contributed by atoms with Crippen molar-refractivity contribution in [2.75, 3.05) is 26.7 Å². The molecule has 182 valence electrons. The first kappa shape index (κ1) is 24.1. The number of halogens is 1. The Hall–Kier alpha value is -3.00. The van der Waals surface area contributed by atoms with Gasteiger partial charge in [0.15, 0.2) is 0 Å². The van der Waals surface area contributed by atoms with Crippen LogP contribution in [-0.2, 0) is 18.3 Å². The molecule has 1 saturated heterocycles. The van der Waals surface area contributed by atoms with Crippen LogP contribution in [0.5, 0.6) is 5.75 Å². The summed E-state index contributed by atoms with van der Waals surface area (Å²) in [6.45, 7) is 2.22. The molecule has 1 aromatic carbocycles. The van der Waals surface area contributed by atoms with Gasteiger partial charge in [0.1, 0.15) is 17.7 Å². The van der Waals surface area contributed by atoms with E-state index in [1.807, 2.05) is 36.0 Å². The Morgan fingerprint density at radius 1 is 1.29 bits per heavy atom. The Morgan fingerprint density at radius 2 is 2.15 bits per heavy atom. The fourth-order valence-electron chi connectivity index (χ4n) is 5.06. The van der Waals surface area contributed by atoms with Gasteiger partial charge in [-0.05, 0) is 74.5 Å². The fraction of sp³-hybridized carbons (Fsp3) is 0.500. The Kier molecular flexibility index (Phi) is 7.77. The number of fused-ring (bicyclic) bond motifs is 1. The van der Waals surface area contributed by atoms with Gasteiger partial charge in [0.2, 0.25) is 0 Å². The highest BCUT2D eigenvalue weighted by atomic mass is 19.1. The molecule has 1 fully saturated rings. The zero-order valence-electron chi connectivity index (χ0n) is 19.9. The molecule has 2 aromatic heterocycles. The molecule has 4 rings (SSSR count). The second-order valence-corrected chi connectivity index (χ2v) is 9.18. The maximum atomic E-state index is 15.4. The van der Waals surface area contributed by atoms with Crippen molar-refractivity contribution in [1.29, 1.82) is 0 Å². The van der Waals surface area contributed by atoms with E-state index >= 15 is 4.39 Å². The molecule has 8 heteroatoms. The molecule has 0 bridgehead atoms. The number of aliphatic carboxylic acids is 1. The third-order valence-electron chi connectivity index (χ3n) is 7.06. The van der Waals surface area contributed by atoms with Crippen LogP contribution in [0.15, 0.2) is 42.9 Å². The number of alkyl halides is 1. The van der Waals surface area contributed by atoms with Crippen LogP contribution < -0.4 is 4.74 Å². The second-order valence-electron chi connectivity index (χ2n) is 9.18. The van der Waals surface area contributed by atoms with Crippen LogP contribution in [0.2, 0.25) is 0 Å². The number of nitrogens with zero attached hydrogens (tertiary/aromatic N) is 4. The van der Waals surface area contributed by atoms with E-state index in [4.69, 9.17) is 4.74 Å². The van der Waals surface area contributed by atoms with Gasteiger partial charge in [0.05, 0.1) is 18.5 Å². The van der Waals surface area contributed by atoms with Crippen LogP contribution in [0.4, 0.5) is 4.39 Å². The molecule has 7 nitrogen and oxygen atoms in total. The summed E-state index contributed by atoms with van der Waals surface area (Å²) in [5.74, 6) is 0.427. The number of carbonyl (C=O) groups is 1. The number of piperidine rings is 1. The predicted octanol–water partition coefficient (Wildman–Crippen LogP) is 4.42. The summed E-state index contributed by atoms with van der Waals surface area (Å²) in [6.07, 6.45) is 7.61. The lowest BCUT2D eigenvalue weighted by Gasteiger charge is -2.36. The summed E-state index contributed by atoms with van der Waals surface area (Å²) in [6, 6.07) is 7.17. The minimum absolute atomic E-state index is 0.0239. The average molecular weight is 469 g/mol. The Bertz CT molecular complexity index is 1120. The van der Waals surface area contributed by atoms with Crippen molar-refractivity contribution in [3.05, 3.63) is 54.2 Å². The van der Waals surface area contributed by atoms with Crippen LogP contribution >= 0.6 is 0 Å². The number of carboxylic acids is 1. The number of carboxylic acid groups (broad SMARTS) is 1. The molecule has 3 aromatic rings. The molecule has 0 unspecified atom stereocenters. The number of aromatic nitrogens is 3. The van der Waals surface area contributed by atoms with Gasteiger partial charge >= 0.3 is 5.97 Å². The van der Waals surface area contributed by atoms with Crippen molar-refractivity contribution in [1.82, 2.24) is 19.4 Å². The van der Waals surface area contributed by atoms with Gasteiger partial charge < -0.3 is 19.3 Å². The molecular formula is C26H33FN4O3. The maximum Gasteiger partial charge on any atom is 0.308 e. The van der Waals surface area contributed by atoms with E-state index in [1.54, 1.807) is 25.6 Å². The van der Waals surface area contributed by atoms with Crippen LogP contribution in [0.3, 0.4) is 0 Å². The molecule has 0 spiro atoms. The summed E-state index contributed by atoms with van der Waals surface area (Å²) in [5.41, 5.74) is 1.31. The van der Waals surface area contributed by atoms with Crippen LogP contribution in [-0.4, -0.2) is 57.3 Å². The van der Waals surface area contributed by atoms with Crippen molar-refractivity contribution in [2.45, 2.75) is 38.3 Å². The number of hydrogen-bond acceptors (Lipinski definition) is 5.